The summed E-state index contributed by atoms with van der Waals surface area (Å²) in [4.78, 5) is 29.4. The molecule has 0 saturated carbocycles. The lowest BCUT2D eigenvalue weighted by atomic mass is 9.96. The van der Waals surface area contributed by atoms with Crippen LogP contribution >= 0.6 is 23.2 Å². The smallest absolute Gasteiger partial charge is 0.411 e. The van der Waals surface area contributed by atoms with Crippen LogP contribution in [0.15, 0.2) is 61.1 Å². The quantitative estimate of drug-likeness (QED) is 0.184. The van der Waals surface area contributed by atoms with Gasteiger partial charge in [-0.2, -0.15) is 4.68 Å². The molecule has 1 aliphatic rings. The third-order valence-corrected chi connectivity index (χ3v) is 7.36. The van der Waals surface area contributed by atoms with Crippen LogP contribution in [0.2, 0.25) is 10.2 Å². The molecule has 2 aromatic heterocycles. The molecule has 0 radical (unpaired) electrons. The number of methoxy groups -OCH3 is 1. The van der Waals surface area contributed by atoms with Gasteiger partial charge in [0.15, 0.2) is 0 Å². The van der Waals surface area contributed by atoms with Gasteiger partial charge in [0.2, 0.25) is 5.91 Å². The maximum atomic E-state index is 13.2. The molecule has 0 saturated heterocycles. The molecule has 13 heteroatoms. The number of tetrazole rings is 1. The molecule has 0 spiro atoms. The van der Waals surface area contributed by atoms with E-state index in [2.05, 4.69) is 36.5 Å². The Balaban J connectivity index is 1.43. The van der Waals surface area contributed by atoms with E-state index < -0.39 is 6.09 Å². The number of rotatable bonds is 5. The Bertz CT molecular complexity index is 1610. The molecule has 11 nitrogen and oxygen atoms in total. The summed E-state index contributed by atoms with van der Waals surface area (Å²) >= 11 is 12.8. The molecule has 3 N–H and O–H groups in total. The normalized spacial score (nSPS) is 15.1. The Kier molecular flexibility index (Phi) is 9.30. The molecular weight excluding hydrogens is 579 g/mol. The van der Waals surface area contributed by atoms with Gasteiger partial charge in [0.25, 0.3) is 0 Å². The topological polar surface area (TPSA) is 136 Å². The monoisotopic (exact) mass is 606 g/mol. The van der Waals surface area contributed by atoms with Gasteiger partial charge in [-0.1, -0.05) is 42.1 Å². The van der Waals surface area contributed by atoms with Crippen LogP contribution in [0, 0.1) is 0 Å². The van der Waals surface area contributed by atoms with Gasteiger partial charge in [-0.05, 0) is 65.7 Å². The van der Waals surface area contributed by atoms with Gasteiger partial charge in [-0.15, -0.1) is 5.10 Å². The third-order valence-electron chi connectivity index (χ3n) is 6.81. The number of amides is 2. The minimum absolute atomic E-state index is 0.295. The SMILES string of the molecule is COC(=O)Nc1ccc2c(c1)NCCCCCC(NC(=O)/C=C/c1cc(Cl)ccc1-n1cnnn1)c1cc-2cnc1Cl. The van der Waals surface area contributed by atoms with E-state index in [1.54, 1.807) is 36.5 Å². The highest BCUT2D eigenvalue weighted by Crippen LogP contribution is 2.35. The predicted octanol–water partition coefficient (Wildman–Crippen LogP) is 6.07. The van der Waals surface area contributed by atoms with Crippen molar-refractivity contribution in [3.63, 3.8) is 0 Å². The fourth-order valence-corrected chi connectivity index (χ4v) is 5.16. The third kappa shape index (κ3) is 7.04. The van der Waals surface area contributed by atoms with Crippen molar-refractivity contribution in [2.24, 2.45) is 0 Å². The van der Waals surface area contributed by atoms with E-state index in [0.717, 1.165) is 48.2 Å². The zero-order valence-electron chi connectivity index (χ0n) is 22.7. The largest absolute Gasteiger partial charge is 0.453 e. The van der Waals surface area contributed by atoms with Crippen molar-refractivity contribution in [1.29, 1.82) is 0 Å². The molecule has 5 rings (SSSR count). The van der Waals surface area contributed by atoms with E-state index in [1.165, 1.54) is 24.2 Å². The first-order valence-corrected chi connectivity index (χ1v) is 14.1. The Morgan fingerprint density at radius 2 is 2.00 bits per heavy atom. The Morgan fingerprint density at radius 3 is 2.81 bits per heavy atom. The summed E-state index contributed by atoms with van der Waals surface area (Å²) in [6.45, 7) is 0.742. The number of ether oxygens (including phenoxy) is 1. The van der Waals surface area contributed by atoms with E-state index in [0.29, 0.717) is 33.5 Å². The zero-order valence-corrected chi connectivity index (χ0v) is 24.2. The van der Waals surface area contributed by atoms with Gasteiger partial charge in [0.1, 0.15) is 11.5 Å². The Hall–Kier alpha value is -4.48. The van der Waals surface area contributed by atoms with E-state index in [9.17, 15) is 9.59 Å². The maximum absolute atomic E-state index is 13.2. The summed E-state index contributed by atoms with van der Waals surface area (Å²) in [5, 5.41) is 21.4. The first-order chi connectivity index (χ1) is 20.4. The first-order valence-electron chi connectivity index (χ1n) is 13.3. The molecule has 2 amide bonds. The summed E-state index contributed by atoms with van der Waals surface area (Å²) in [7, 11) is 1.32. The van der Waals surface area contributed by atoms with Crippen molar-refractivity contribution in [3.8, 4) is 16.8 Å². The van der Waals surface area contributed by atoms with Crippen molar-refractivity contribution in [2.75, 3.05) is 24.3 Å². The number of nitrogens with one attached hydrogen (secondary N) is 3. The zero-order chi connectivity index (χ0) is 29.5. The summed E-state index contributed by atoms with van der Waals surface area (Å²) in [5.74, 6) is -0.295. The second-order valence-electron chi connectivity index (χ2n) is 9.61. The lowest BCUT2D eigenvalue weighted by Crippen LogP contribution is -2.27. The highest BCUT2D eigenvalue weighted by molar-refractivity contribution is 6.31. The average Bonchev–Trinajstić information content (AvgIpc) is 3.52. The van der Waals surface area contributed by atoms with Crippen molar-refractivity contribution >= 4 is 52.7 Å². The molecular formula is C29H28Cl2N8O3. The van der Waals surface area contributed by atoms with E-state index in [4.69, 9.17) is 27.9 Å². The number of anilines is 2. The number of benzene rings is 2. The predicted molar refractivity (Wildman–Crippen MR) is 162 cm³/mol. The number of fused-ring (bicyclic) bond motifs is 4. The molecule has 4 aromatic rings. The van der Waals surface area contributed by atoms with Crippen LogP contribution in [0.1, 0.15) is 42.9 Å². The van der Waals surface area contributed by atoms with E-state index in [-0.39, 0.29) is 11.9 Å². The highest BCUT2D eigenvalue weighted by atomic mass is 35.5. The van der Waals surface area contributed by atoms with Crippen molar-refractivity contribution in [2.45, 2.75) is 31.7 Å². The van der Waals surface area contributed by atoms with Gasteiger partial charge >= 0.3 is 6.09 Å². The summed E-state index contributed by atoms with van der Waals surface area (Å²) in [6.07, 6.45) is 9.16. The van der Waals surface area contributed by atoms with Crippen molar-refractivity contribution < 1.29 is 14.3 Å². The van der Waals surface area contributed by atoms with Crippen LogP contribution in [-0.2, 0) is 9.53 Å². The first kappa shape index (κ1) is 29.0. The van der Waals surface area contributed by atoms with Crippen molar-refractivity contribution in [3.05, 3.63) is 82.4 Å². The minimum Gasteiger partial charge on any atom is -0.453 e. The Labute approximate surface area is 252 Å². The molecule has 216 valence electrons. The lowest BCUT2D eigenvalue weighted by molar-refractivity contribution is -0.117. The molecule has 42 heavy (non-hydrogen) atoms. The molecule has 1 aliphatic heterocycles. The standard InChI is InChI=1S/C29H28Cl2N8O3/c1-42-29(41)35-21-8-9-22-19-14-23(28(31)33-16-19)24(5-3-2-4-12-32-25(22)15-21)36-27(40)11-6-18-13-20(30)7-10-26(18)39-17-34-37-38-39/h6-11,13-17,24,32H,2-5,12H2,1H3,(H,35,41)(H,36,40)/b11-6+. The molecule has 0 aliphatic carbocycles. The van der Waals surface area contributed by atoms with Crippen LogP contribution in [0.4, 0.5) is 16.2 Å². The molecule has 1 atom stereocenters. The number of carbonyl (C=O) groups excluding carboxylic acids is 2. The fourth-order valence-electron chi connectivity index (χ4n) is 4.75. The maximum Gasteiger partial charge on any atom is 0.411 e. The van der Waals surface area contributed by atoms with E-state index >= 15 is 0 Å². The van der Waals surface area contributed by atoms with Crippen LogP contribution < -0.4 is 16.0 Å². The van der Waals surface area contributed by atoms with Gasteiger partial charge < -0.3 is 15.4 Å². The fraction of sp³-hybridized carbons (Fsp3) is 0.241. The van der Waals surface area contributed by atoms with Crippen molar-refractivity contribution in [1.82, 2.24) is 30.5 Å². The van der Waals surface area contributed by atoms with E-state index in [1.807, 2.05) is 18.2 Å². The summed E-state index contributed by atoms with van der Waals surface area (Å²) in [6, 6.07) is 12.4. The van der Waals surface area contributed by atoms with Gasteiger partial charge in [0, 0.05) is 57.5 Å². The number of hydrogen-bond acceptors (Lipinski definition) is 8. The molecule has 0 fully saturated rings. The van der Waals surface area contributed by atoms with Crippen LogP contribution in [0.5, 0.6) is 0 Å². The second kappa shape index (κ2) is 13.5. The number of hydrogen-bond donors (Lipinski definition) is 3. The number of nitrogens with zero attached hydrogens (tertiary/aromatic N) is 5. The molecule has 2 aromatic carbocycles. The van der Waals surface area contributed by atoms with Crippen LogP contribution in [0.3, 0.4) is 0 Å². The molecule has 3 heterocycles. The molecule has 2 bridgehead atoms. The van der Waals surface area contributed by atoms with Gasteiger partial charge in [-0.25, -0.2) is 9.78 Å². The number of carbonyl (C=O) groups is 2. The summed E-state index contributed by atoms with van der Waals surface area (Å²) < 4.78 is 6.22. The van der Waals surface area contributed by atoms with Crippen LogP contribution in [-0.4, -0.2) is 50.8 Å². The number of pyridine rings is 1. The average molecular weight is 608 g/mol. The summed E-state index contributed by atoms with van der Waals surface area (Å²) in [5.41, 5.74) is 5.22. The van der Waals surface area contributed by atoms with Gasteiger partial charge in [-0.3, -0.25) is 10.1 Å². The van der Waals surface area contributed by atoms with Gasteiger partial charge in [0.05, 0.1) is 18.8 Å². The minimum atomic E-state index is -0.548. The molecule has 1 unspecified atom stereocenters. The Morgan fingerprint density at radius 1 is 1.12 bits per heavy atom. The second-order valence-corrected chi connectivity index (χ2v) is 10.4. The van der Waals surface area contributed by atoms with Crippen LogP contribution in [0.25, 0.3) is 22.9 Å². The highest BCUT2D eigenvalue weighted by Gasteiger charge is 2.20. The number of aromatic nitrogens is 5. The lowest BCUT2D eigenvalue weighted by Gasteiger charge is -2.22. The number of halogens is 2.